The van der Waals surface area contributed by atoms with Crippen LogP contribution in [-0.2, 0) is 23.7 Å². The molecule has 10 bridgehead atoms. The second-order valence-corrected chi connectivity index (χ2v) is 17.1. The summed E-state index contributed by atoms with van der Waals surface area (Å²) in [5, 5.41) is 188. The molecule has 30 nitrogen and oxygen atoms in total. The average Bonchev–Trinajstić information content (AvgIpc) is 3.54. The lowest BCUT2D eigenvalue weighted by Gasteiger charge is -2.40. The fraction of sp³-hybridized carbons (Fsp3) is 0.125. The van der Waals surface area contributed by atoms with E-state index in [1.54, 1.807) is 0 Å². The van der Waals surface area contributed by atoms with E-state index in [9.17, 15) is 116 Å². The van der Waals surface area contributed by atoms with Crippen LogP contribution in [0.25, 0.3) is 22.3 Å². The Hall–Kier alpha value is -11.3. The van der Waals surface area contributed by atoms with Gasteiger partial charge in [-0.05, 0) is 18.2 Å². The van der Waals surface area contributed by atoms with E-state index in [2.05, 4.69) is 0 Å². The molecule has 30 heteroatoms. The lowest BCUT2D eigenvalue weighted by atomic mass is 9.82. The van der Waals surface area contributed by atoms with E-state index < -0.39 is 243 Å². The fourth-order valence-corrected chi connectivity index (χ4v) is 9.00. The standard InChI is InChI=1S/C48H30O30/c49-13-1-8(2-14(50)26(13)53)43(66)75-19-7-72-44(67)10-5-17-29(56)32(59)21(10)20-9(3-15(51)27(54)31(20)58)45(68)76-40(19)42-41-36(63)25-24(48(71)77-41)23(34(61)37(64)35(25)62)22-11(46(69)78-42)6-18(30(57)33(22)60)74-47(70)12-4-16(52)28(55)38(65)39(12)73-17/h1-6,19,36,40-42,49-65H,7H2. The molecule has 0 spiro atoms. The molecular weight excluding hydrogens is 1060 g/mol. The molecule has 5 atom stereocenters. The molecule has 0 aromatic heterocycles. The van der Waals surface area contributed by atoms with Crippen molar-refractivity contribution in [3.05, 3.63) is 75.3 Å². The van der Waals surface area contributed by atoms with Crippen LogP contribution < -0.4 is 9.47 Å². The van der Waals surface area contributed by atoms with Crippen LogP contribution in [0.15, 0.2) is 36.4 Å². The van der Waals surface area contributed by atoms with E-state index in [-0.39, 0.29) is 6.07 Å². The van der Waals surface area contributed by atoms with E-state index in [0.29, 0.717) is 30.3 Å². The van der Waals surface area contributed by atoms with E-state index in [0.717, 1.165) is 0 Å². The number of aliphatic hydroxyl groups is 1. The number of phenolic OH excluding ortho intramolecular Hbond substituents is 16. The molecule has 11 rings (SSSR count). The number of hydrogen-bond acceptors (Lipinski definition) is 30. The molecule has 402 valence electrons. The summed E-state index contributed by atoms with van der Waals surface area (Å²) < 4.78 is 38.9. The van der Waals surface area contributed by atoms with Crippen LogP contribution in [-0.4, -0.2) is 154 Å². The first-order chi connectivity index (χ1) is 36.7. The van der Waals surface area contributed by atoms with Crippen LogP contribution >= 0.6 is 0 Å². The fourth-order valence-electron chi connectivity index (χ4n) is 9.00. The van der Waals surface area contributed by atoms with Gasteiger partial charge < -0.3 is 120 Å². The van der Waals surface area contributed by atoms with Gasteiger partial charge in [0, 0.05) is 46.0 Å². The minimum absolute atomic E-state index is 0.286. The number of fused-ring (bicyclic) bond motifs is 10. The van der Waals surface area contributed by atoms with Gasteiger partial charge in [0.2, 0.25) is 34.5 Å². The molecule has 6 aromatic rings. The molecule has 78 heavy (non-hydrogen) atoms. The monoisotopic (exact) mass is 1090 g/mol. The van der Waals surface area contributed by atoms with Gasteiger partial charge in [-0.1, -0.05) is 0 Å². The van der Waals surface area contributed by atoms with E-state index in [4.69, 9.17) is 33.2 Å². The maximum absolute atomic E-state index is 15.0. The molecule has 5 aliphatic rings. The topological polar surface area (TPSA) is 511 Å². The number of carbonyl (C=O) groups is 6. The van der Waals surface area contributed by atoms with Gasteiger partial charge in [-0.3, -0.25) is 0 Å². The molecule has 0 radical (unpaired) electrons. The highest BCUT2D eigenvalue weighted by Gasteiger charge is 2.54. The smallest absolute Gasteiger partial charge is 0.347 e. The Balaban J connectivity index is 1.35. The van der Waals surface area contributed by atoms with Gasteiger partial charge in [0.1, 0.15) is 18.3 Å². The Morgan fingerprint density at radius 2 is 0.872 bits per heavy atom. The van der Waals surface area contributed by atoms with Crippen molar-refractivity contribution in [1.82, 2.24) is 0 Å². The summed E-state index contributed by atoms with van der Waals surface area (Å²) >= 11 is 0. The lowest BCUT2D eigenvalue weighted by molar-refractivity contribution is -0.154. The maximum Gasteiger partial charge on any atom is 0.347 e. The van der Waals surface area contributed by atoms with Gasteiger partial charge in [-0.15, -0.1) is 0 Å². The average molecular weight is 1090 g/mol. The Morgan fingerprint density at radius 3 is 1.47 bits per heavy atom. The Bertz CT molecular complexity index is 3760. The minimum Gasteiger partial charge on any atom is -0.504 e. The summed E-state index contributed by atoms with van der Waals surface area (Å²) in [6, 6.07) is 2.25. The van der Waals surface area contributed by atoms with Crippen molar-refractivity contribution in [2.45, 2.75) is 30.5 Å². The van der Waals surface area contributed by atoms with Gasteiger partial charge >= 0.3 is 35.8 Å². The first-order valence-electron chi connectivity index (χ1n) is 21.6. The molecule has 0 fully saturated rings. The van der Waals surface area contributed by atoms with Crippen LogP contribution in [0.3, 0.4) is 0 Å². The SMILES string of the molecule is O=C(OC1COC(=O)c2cc3c(O)c(O)c2-c2c(cc(O)c(O)c2O)C(=O)OC1C1OC(=O)c2cc(c(O)c(O)c2-c2c(O)c(O)c(O)c4c2C(=O)OC1C4O)OC(=O)c1cc(O)c(O)c(O)c1O3)c1cc(O)c(O)c(O)c1. The molecule has 5 heterocycles. The third-order valence-electron chi connectivity index (χ3n) is 12.7. The Morgan fingerprint density at radius 1 is 0.410 bits per heavy atom. The number of benzene rings is 6. The molecule has 6 aromatic carbocycles. The second-order valence-electron chi connectivity index (χ2n) is 17.1. The molecule has 0 aliphatic carbocycles. The molecular formula is C48H30O30. The predicted octanol–water partition coefficient (Wildman–Crippen LogP) is 2.37. The number of carbonyl (C=O) groups excluding carboxylic acids is 6. The zero-order valence-electron chi connectivity index (χ0n) is 38.0. The summed E-state index contributed by atoms with van der Waals surface area (Å²) in [4.78, 5) is 87.3. The van der Waals surface area contributed by atoms with Crippen molar-refractivity contribution in [3.8, 4) is 131 Å². The van der Waals surface area contributed by atoms with Crippen molar-refractivity contribution in [2.24, 2.45) is 0 Å². The van der Waals surface area contributed by atoms with Gasteiger partial charge in [-0.2, -0.15) is 0 Å². The first kappa shape index (κ1) is 50.2. The zero-order valence-corrected chi connectivity index (χ0v) is 38.0. The second kappa shape index (κ2) is 17.4. The summed E-state index contributed by atoms with van der Waals surface area (Å²) in [7, 11) is 0. The maximum atomic E-state index is 15.0. The zero-order chi connectivity index (χ0) is 56.6. The van der Waals surface area contributed by atoms with E-state index in [1.165, 1.54) is 0 Å². The molecule has 5 aliphatic heterocycles. The van der Waals surface area contributed by atoms with E-state index in [1.807, 2.05) is 0 Å². The summed E-state index contributed by atoms with van der Waals surface area (Å²) in [5.41, 5.74) is -13.4. The predicted molar refractivity (Wildman–Crippen MR) is 240 cm³/mol. The van der Waals surface area contributed by atoms with Crippen LogP contribution in [0.1, 0.15) is 73.8 Å². The summed E-state index contributed by atoms with van der Waals surface area (Å²) in [6.07, 6.45) is -13.9. The van der Waals surface area contributed by atoms with Crippen molar-refractivity contribution in [3.63, 3.8) is 0 Å². The van der Waals surface area contributed by atoms with Gasteiger partial charge in [0.05, 0.1) is 27.8 Å². The number of ether oxygens (including phenoxy) is 7. The minimum atomic E-state index is -2.89. The van der Waals surface area contributed by atoms with Crippen LogP contribution in [0.5, 0.6) is 109 Å². The molecule has 0 amide bonds. The highest BCUT2D eigenvalue weighted by molar-refractivity contribution is 6.11. The van der Waals surface area contributed by atoms with E-state index >= 15 is 0 Å². The quantitative estimate of drug-likeness (QED) is 0.0512. The number of esters is 6. The van der Waals surface area contributed by atoms with Gasteiger partial charge in [0.25, 0.3) is 0 Å². The number of phenols is 16. The molecule has 5 unspecified atom stereocenters. The first-order valence-corrected chi connectivity index (χ1v) is 21.6. The third-order valence-corrected chi connectivity index (χ3v) is 12.7. The molecule has 0 saturated carbocycles. The van der Waals surface area contributed by atoms with Gasteiger partial charge in [-0.25, -0.2) is 28.8 Å². The number of aromatic hydroxyl groups is 16. The molecule has 0 saturated heterocycles. The van der Waals surface area contributed by atoms with Crippen LogP contribution in [0.4, 0.5) is 0 Å². The van der Waals surface area contributed by atoms with Crippen LogP contribution in [0.2, 0.25) is 0 Å². The van der Waals surface area contributed by atoms with Gasteiger partial charge in [0.15, 0.2) is 99.2 Å². The summed E-state index contributed by atoms with van der Waals surface area (Å²) in [5.74, 6) is -39.3. The normalized spacial score (nSPS) is 19.2. The lowest BCUT2D eigenvalue weighted by Crippen LogP contribution is -2.56. The van der Waals surface area contributed by atoms with Crippen molar-refractivity contribution >= 4 is 35.8 Å². The summed E-state index contributed by atoms with van der Waals surface area (Å²) in [6.45, 7) is -1.60. The highest BCUT2D eigenvalue weighted by atomic mass is 16.6. The van der Waals surface area contributed by atoms with Crippen molar-refractivity contribution < 1.29 is 149 Å². The molecule has 17 N–H and O–H groups in total. The number of hydrogen-bond donors (Lipinski definition) is 17. The Labute approximate surface area is 427 Å². The largest absolute Gasteiger partial charge is 0.504 e. The highest BCUT2D eigenvalue weighted by Crippen LogP contribution is 2.59. The van der Waals surface area contributed by atoms with Crippen LogP contribution in [0, 0.1) is 0 Å². The number of rotatable bonds is 2. The Kier molecular flexibility index (Phi) is 11.2. The van der Waals surface area contributed by atoms with Crippen molar-refractivity contribution in [2.75, 3.05) is 6.61 Å². The number of aliphatic hydroxyl groups excluding tert-OH is 1. The third kappa shape index (κ3) is 7.30. The van der Waals surface area contributed by atoms with Crippen molar-refractivity contribution in [1.29, 1.82) is 0 Å².